The molecule has 0 aliphatic carbocycles. The Morgan fingerprint density at radius 3 is 2.59 bits per heavy atom. The molecule has 0 saturated carbocycles. The molecule has 2 aliphatic rings. The monoisotopic (exact) mass is 450 g/mol. The maximum absolute atomic E-state index is 11.8. The van der Waals surface area contributed by atoms with Gasteiger partial charge >= 0.3 is 0 Å². The van der Waals surface area contributed by atoms with E-state index >= 15 is 0 Å². The number of aliphatic hydroxyl groups is 1. The molecule has 4 nitrogen and oxygen atoms in total. The molecule has 6 heteroatoms. The van der Waals surface area contributed by atoms with Gasteiger partial charge in [-0.25, -0.2) is 0 Å². The van der Waals surface area contributed by atoms with Crippen molar-refractivity contribution in [2.45, 2.75) is 31.4 Å². The number of ether oxygens (including phenoxy) is 1. The largest absolute Gasteiger partial charge is 1.00 e. The average Bonchev–Trinajstić information content (AvgIpc) is 2.78. The zero-order chi connectivity index (χ0) is 18.1. The van der Waals surface area contributed by atoms with Crippen molar-refractivity contribution in [2.75, 3.05) is 25.1 Å². The predicted molar refractivity (Wildman–Crippen MR) is 104 cm³/mol. The molecule has 0 amide bonds. The number of benzene rings is 2. The SMILES string of the molecule is COc1ccc(C2(O)C[N+]3=C(CCCCC3)N2c2cccc(Cl)c2)cc1.[Br-]. The van der Waals surface area contributed by atoms with Gasteiger partial charge in [0, 0.05) is 23.1 Å². The molecule has 1 atom stereocenters. The summed E-state index contributed by atoms with van der Waals surface area (Å²) in [5, 5.41) is 12.5. The molecule has 2 heterocycles. The topological polar surface area (TPSA) is 35.7 Å². The molecule has 0 saturated heterocycles. The number of nitrogens with zero attached hydrogens (tertiary/aromatic N) is 2. The van der Waals surface area contributed by atoms with E-state index in [4.69, 9.17) is 16.3 Å². The maximum atomic E-state index is 11.8. The third-order valence-corrected chi connectivity index (χ3v) is 5.59. The number of amidine groups is 1. The Morgan fingerprint density at radius 1 is 1.11 bits per heavy atom. The number of anilines is 1. The van der Waals surface area contributed by atoms with E-state index in [1.807, 2.05) is 48.5 Å². The molecule has 2 aromatic carbocycles. The van der Waals surface area contributed by atoms with Gasteiger partial charge in [-0.1, -0.05) is 17.7 Å². The normalized spacial score (nSPS) is 22.1. The molecular weight excluding hydrogens is 428 g/mol. The summed E-state index contributed by atoms with van der Waals surface area (Å²) in [5.41, 5.74) is 0.665. The van der Waals surface area contributed by atoms with Gasteiger partial charge in [0.25, 0.3) is 11.6 Å². The third kappa shape index (κ3) is 3.73. The first-order valence-corrected chi connectivity index (χ1v) is 9.53. The lowest BCUT2D eigenvalue weighted by atomic mass is 9.99. The summed E-state index contributed by atoms with van der Waals surface area (Å²) in [6, 6.07) is 15.4. The quantitative estimate of drug-likeness (QED) is 0.708. The second-order valence-electron chi connectivity index (χ2n) is 7.01. The van der Waals surface area contributed by atoms with E-state index in [1.54, 1.807) is 7.11 Å². The minimum Gasteiger partial charge on any atom is -1.00 e. The van der Waals surface area contributed by atoms with Crippen molar-refractivity contribution in [3.63, 3.8) is 0 Å². The molecule has 1 N–H and O–H groups in total. The number of hydrogen-bond donors (Lipinski definition) is 1. The lowest BCUT2D eigenvalue weighted by molar-refractivity contribution is -0.534. The molecule has 0 bridgehead atoms. The Labute approximate surface area is 175 Å². The summed E-state index contributed by atoms with van der Waals surface area (Å²) in [6.07, 6.45) is 4.49. The minimum absolute atomic E-state index is 0. The van der Waals surface area contributed by atoms with Crippen molar-refractivity contribution in [1.82, 2.24) is 0 Å². The molecule has 0 aromatic heterocycles. The summed E-state index contributed by atoms with van der Waals surface area (Å²) in [4.78, 5) is 2.08. The lowest BCUT2D eigenvalue weighted by Crippen LogP contribution is -3.00. The zero-order valence-electron chi connectivity index (χ0n) is 15.4. The highest BCUT2D eigenvalue weighted by Gasteiger charge is 2.54. The summed E-state index contributed by atoms with van der Waals surface area (Å²) in [6.45, 7) is 1.53. The highest BCUT2D eigenvalue weighted by atomic mass is 79.9. The summed E-state index contributed by atoms with van der Waals surface area (Å²) in [5.74, 6) is 1.97. The van der Waals surface area contributed by atoms with Crippen molar-refractivity contribution in [1.29, 1.82) is 0 Å². The molecule has 0 fully saturated rings. The molecule has 4 rings (SSSR count). The van der Waals surface area contributed by atoms with E-state index in [2.05, 4.69) is 9.48 Å². The maximum Gasteiger partial charge on any atom is 0.275 e. The van der Waals surface area contributed by atoms with E-state index in [0.29, 0.717) is 11.6 Å². The predicted octanol–water partition coefficient (Wildman–Crippen LogP) is 1.00. The van der Waals surface area contributed by atoms with Gasteiger partial charge in [0.05, 0.1) is 13.7 Å². The van der Waals surface area contributed by atoms with Gasteiger partial charge in [0.2, 0.25) is 0 Å². The van der Waals surface area contributed by atoms with Gasteiger partial charge in [-0.05, 0) is 55.7 Å². The summed E-state index contributed by atoms with van der Waals surface area (Å²) >= 11 is 6.26. The summed E-state index contributed by atoms with van der Waals surface area (Å²) in [7, 11) is 1.65. The van der Waals surface area contributed by atoms with Crippen LogP contribution in [0.1, 0.15) is 31.2 Å². The van der Waals surface area contributed by atoms with Gasteiger partial charge in [-0.15, -0.1) is 0 Å². The zero-order valence-corrected chi connectivity index (χ0v) is 17.7. The molecule has 0 radical (unpaired) electrons. The number of halogens is 2. The third-order valence-electron chi connectivity index (χ3n) is 5.35. The van der Waals surface area contributed by atoms with E-state index in [9.17, 15) is 5.11 Å². The van der Waals surface area contributed by atoms with Crippen LogP contribution in [0, 0.1) is 0 Å². The Bertz CT molecular complexity index is 840. The van der Waals surface area contributed by atoms with Crippen LogP contribution in [-0.4, -0.2) is 35.7 Å². The second kappa shape index (κ2) is 8.21. The van der Waals surface area contributed by atoms with Crippen molar-refractivity contribution in [3.05, 3.63) is 59.1 Å². The van der Waals surface area contributed by atoms with Crippen LogP contribution < -0.4 is 26.6 Å². The van der Waals surface area contributed by atoms with Gasteiger partial charge in [-0.2, -0.15) is 4.90 Å². The Balaban J connectivity index is 0.00000210. The molecule has 144 valence electrons. The van der Waals surface area contributed by atoms with Gasteiger partial charge < -0.3 is 26.8 Å². The molecule has 27 heavy (non-hydrogen) atoms. The number of hydrogen-bond acceptors (Lipinski definition) is 3. The summed E-state index contributed by atoms with van der Waals surface area (Å²) < 4.78 is 7.61. The first-order chi connectivity index (χ1) is 12.6. The average molecular weight is 452 g/mol. The fourth-order valence-corrected chi connectivity index (χ4v) is 4.26. The van der Waals surface area contributed by atoms with Crippen LogP contribution >= 0.6 is 11.6 Å². The number of rotatable bonds is 3. The van der Waals surface area contributed by atoms with Crippen molar-refractivity contribution >= 4 is 23.1 Å². The lowest BCUT2D eigenvalue weighted by Gasteiger charge is -2.29. The first-order valence-electron chi connectivity index (χ1n) is 9.15. The van der Waals surface area contributed by atoms with Gasteiger partial charge in [-0.3, -0.25) is 4.58 Å². The van der Waals surface area contributed by atoms with Crippen LogP contribution in [0.2, 0.25) is 5.02 Å². The van der Waals surface area contributed by atoms with Crippen LogP contribution in [0.3, 0.4) is 0 Å². The van der Waals surface area contributed by atoms with E-state index < -0.39 is 5.72 Å². The molecular formula is C21H24BrClN2O2. The van der Waals surface area contributed by atoms with Crippen LogP contribution in [0.4, 0.5) is 5.69 Å². The minimum atomic E-state index is -1.12. The number of methoxy groups -OCH3 is 1. The van der Waals surface area contributed by atoms with Crippen molar-refractivity contribution < 1.29 is 31.4 Å². The molecule has 1 unspecified atom stereocenters. The van der Waals surface area contributed by atoms with E-state index in [0.717, 1.165) is 42.8 Å². The fraction of sp³-hybridized carbons (Fsp3) is 0.381. The van der Waals surface area contributed by atoms with Crippen LogP contribution in [0.15, 0.2) is 48.5 Å². The van der Waals surface area contributed by atoms with Crippen LogP contribution in [0.25, 0.3) is 0 Å². The van der Waals surface area contributed by atoms with Crippen LogP contribution in [-0.2, 0) is 5.72 Å². The van der Waals surface area contributed by atoms with Crippen molar-refractivity contribution in [3.8, 4) is 5.75 Å². The fourth-order valence-electron chi connectivity index (χ4n) is 4.08. The van der Waals surface area contributed by atoms with E-state index in [1.165, 1.54) is 12.3 Å². The van der Waals surface area contributed by atoms with Crippen LogP contribution in [0.5, 0.6) is 5.75 Å². The highest BCUT2D eigenvalue weighted by molar-refractivity contribution is 6.30. The van der Waals surface area contributed by atoms with E-state index in [-0.39, 0.29) is 17.0 Å². The molecule has 2 aliphatic heterocycles. The van der Waals surface area contributed by atoms with Gasteiger partial charge in [0.15, 0.2) is 6.54 Å². The highest BCUT2D eigenvalue weighted by Crippen LogP contribution is 2.38. The first kappa shape index (κ1) is 20.2. The Hall–Kier alpha value is -1.56. The van der Waals surface area contributed by atoms with Gasteiger partial charge in [0.1, 0.15) is 11.4 Å². The Kier molecular flexibility index (Phi) is 6.14. The molecule has 0 spiro atoms. The Morgan fingerprint density at radius 2 is 1.89 bits per heavy atom. The smallest absolute Gasteiger partial charge is 0.275 e. The van der Waals surface area contributed by atoms with Crippen molar-refractivity contribution in [2.24, 2.45) is 0 Å². The second-order valence-corrected chi connectivity index (χ2v) is 7.45. The standard InChI is InChI=1S/C21H24ClN2O2.BrH/c1-26-19-11-9-16(10-12-19)21(25)15-23-13-4-2-3-8-20(23)24(21)18-7-5-6-17(22)14-18;/h5-7,9-12,14,25H,2-4,8,13,15H2,1H3;1H/q+1;/p-1. The molecule has 2 aromatic rings.